The third-order valence-electron chi connectivity index (χ3n) is 2.63. The number of hydrogen-bond donors (Lipinski definition) is 0. The molecule has 5 heteroatoms. The Hall–Kier alpha value is -1.07. The van der Waals surface area contributed by atoms with Crippen molar-refractivity contribution < 1.29 is 4.74 Å². The van der Waals surface area contributed by atoms with Gasteiger partial charge in [-0.25, -0.2) is 9.97 Å². The highest BCUT2D eigenvalue weighted by atomic mass is 79.9. The molecular weight excluding hydrogens is 324 g/mol. The average Bonchev–Trinajstić information content (AvgIpc) is 2.41. The first-order chi connectivity index (χ1) is 9.10. The van der Waals surface area contributed by atoms with Crippen molar-refractivity contribution in [2.24, 2.45) is 0 Å². The number of benzene rings is 1. The van der Waals surface area contributed by atoms with E-state index in [0.29, 0.717) is 11.8 Å². The molecule has 19 heavy (non-hydrogen) atoms. The first-order valence-electron chi connectivity index (χ1n) is 5.93. The SMILES string of the molecule is CSc1cc(Oc2ccc(Br)cc2C(C)C)ncn1. The summed E-state index contributed by atoms with van der Waals surface area (Å²) in [6, 6.07) is 7.85. The van der Waals surface area contributed by atoms with Crippen molar-refractivity contribution in [3.63, 3.8) is 0 Å². The van der Waals surface area contributed by atoms with Crippen LogP contribution in [0.2, 0.25) is 0 Å². The third kappa shape index (κ3) is 3.70. The van der Waals surface area contributed by atoms with Crippen LogP contribution >= 0.6 is 27.7 Å². The van der Waals surface area contributed by atoms with E-state index in [1.807, 2.05) is 24.5 Å². The van der Waals surface area contributed by atoms with Gasteiger partial charge in [0.25, 0.3) is 0 Å². The second kappa shape index (κ2) is 6.39. The molecule has 0 fully saturated rings. The fourth-order valence-electron chi connectivity index (χ4n) is 1.67. The minimum absolute atomic E-state index is 0.384. The van der Waals surface area contributed by atoms with Gasteiger partial charge in [0.2, 0.25) is 5.88 Å². The lowest BCUT2D eigenvalue weighted by Gasteiger charge is -2.13. The minimum atomic E-state index is 0.384. The van der Waals surface area contributed by atoms with Gasteiger partial charge in [-0.2, -0.15) is 0 Å². The van der Waals surface area contributed by atoms with Crippen LogP contribution in [0.15, 0.2) is 40.1 Å². The highest BCUT2D eigenvalue weighted by Gasteiger charge is 2.10. The van der Waals surface area contributed by atoms with E-state index in [1.165, 1.54) is 6.33 Å². The van der Waals surface area contributed by atoms with Gasteiger partial charge < -0.3 is 4.74 Å². The second-order valence-corrected chi connectivity index (χ2v) is 6.08. The van der Waals surface area contributed by atoms with Crippen LogP contribution in [0.1, 0.15) is 25.3 Å². The molecule has 0 N–H and O–H groups in total. The Balaban J connectivity index is 2.32. The number of hydrogen-bond acceptors (Lipinski definition) is 4. The zero-order valence-corrected chi connectivity index (χ0v) is 13.5. The fraction of sp³-hybridized carbons (Fsp3) is 0.286. The Morgan fingerprint density at radius 2 is 2.00 bits per heavy atom. The van der Waals surface area contributed by atoms with E-state index in [4.69, 9.17) is 4.74 Å². The van der Waals surface area contributed by atoms with Crippen molar-refractivity contribution in [3.05, 3.63) is 40.6 Å². The molecule has 0 radical (unpaired) electrons. The molecule has 0 spiro atoms. The molecule has 0 saturated heterocycles. The summed E-state index contributed by atoms with van der Waals surface area (Å²) >= 11 is 5.06. The number of rotatable bonds is 4. The monoisotopic (exact) mass is 338 g/mol. The van der Waals surface area contributed by atoms with Gasteiger partial charge in [0.1, 0.15) is 17.1 Å². The molecule has 0 amide bonds. The van der Waals surface area contributed by atoms with Crippen molar-refractivity contribution in [2.75, 3.05) is 6.26 Å². The third-order valence-corrected chi connectivity index (χ3v) is 3.77. The van der Waals surface area contributed by atoms with E-state index in [0.717, 1.165) is 20.8 Å². The van der Waals surface area contributed by atoms with Crippen LogP contribution in [0.25, 0.3) is 0 Å². The van der Waals surface area contributed by atoms with Crippen LogP contribution in [0.3, 0.4) is 0 Å². The first-order valence-corrected chi connectivity index (χ1v) is 7.95. The fourth-order valence-corrected chi connectivity index (χ4v) is 2.42. The standard InChI is InChI=1S/C14H15BrN2OS/c1-9(2)11-6-10(15)4-5-12(11)18-13-7-14(19-3)17-8-16-13/h4-9H,1-3H3. The summed E-state index contributed by atoms with van der Waals surface area (Å²) in [5.74, 6) is 1.79. The molecule has 0 unspecified atom stereocenters. The number of nitrogens with zero attached hydrogens (tertiary/aromatic N) is 2. The molecule has 0 aliphatic heterocycles. The summed E-state index contributed by atoms with van der Waals surface area (Å²) in [5, 5.41) is 0.896. The number of thioether (sulfide) groups is 1. The van der Waals surface area contributed by atoms with Gasteiger partial charge in [-0.3, -0.25) is 0 Å². The Kier molecular flexibility index (Phi) is 4.82. The minimum Gasteiger partial charge on any atom is -0.439 e. The zero-order valence-electron chi connectivity index (χ0n) is 11.1. The molecule has 0 saturated carbocycles. The maximum Gasteiger partial charge on any atom is 0.223 e. The first kappa shape index (κ1) is 14.3. The summed E-state index contributed by atoms with van der Waals surface area (Å²) in [4.78, 5) is 8.28. The second-order valence-electron chi connectivity index (χ2n) is 4.34. The lowest BCUT2D eigenvalue weighted by Crippen LogP contribution is -1.96. The van der Waals surface area contributed by atoms with E-state index in [2.05, 4.69) is 45.8 Å². The zero-order chi connectivity index (χ0) is 13.8. The maximum absolute atomic E-state index is 5.88. The van der Waals surface area contributed by atoms with E-state index in [-0.39, 0.29) is 0 Å². The molecule has 2 aromatic rings. The molecule has 0 bridgehead atoms. The number of ether oxygens (including phenoxy) is 1. The van der Waals surface area contributed by atoms with E-state index < -0.39 is 0 Å². The summed E-state index contributed by atoms with van der Waals surface area (Å²) in [5.41, 5.74) is 1.15. The van der Waals surface area contributed by atoms with E-state index >= 15 is 0 Å². The predicted molar refractivity (Wildman–Crippen MR) is 82.1 cm³/mol. The van der Waals surface area contributed by atoms with Crippen LogP contribution in [-0.2, 0) is 0 Å². The highest BCUT2D eigenvalue weighted by Crippen LogP contribution is 2.32. The van der Waals surface area contributed by atoms with E-state index in [9.17, 15) is 0 Å². The van der Waals surface area contributed by atoms with Crippen LogP contribution in [0.5, 0.6) is 11.6 Å². The van der Waals surface area contributed by atoms with Gasteiger partial charge in [0.05, 0.1) is 0 Å². The lowest BCUT2D eigenvalue weighted by atomic mass is 10.0. The smallest absolute Gasteiger partial charge is 0.223 e. The van der Waals surface area contributed by atoms with Crippen LogP contribution < -0.4 is 4.74 Å². The molecule has 1 heterocycles. The molecule has 0 aliphatic rings. The van der Waals surface area contributed by atoms with Gasteiger partial charge in [-0.1, -0.05) is 29.8 Å². The number of aromatic nitrogens is 2. The quantitative estimate of drug-likeness (QED) is 0.588. The summed E-state index contributed by atoms with van der Waals surface area (Å²) in [6.07, 6.45) is 3.50. The van der Waals surface area contributed by atoms with Crippen molar-refractivity contribution in [1.29, 1.82) is 0 Å². The van der Waals surface area contributed by atoms with E-state index in [1.54, 1.807) is 11.8 Å². The molecule has 3 nitrogen and oxygen atoms in total. The van der Waals surface area contributed by atoms with Crippen molar-refractivity contribution in [2.45, 2.75) is 24.8 Å². The highest BCUT2D eigenvalue weighted by molar-refractivity contribution is 9.10. The summed E-state index contributed by atoms with van der Waals surface area (Å²) < 4.78 is 6.93. The number of halogens is 1. The predicted octanol–water partition coefficient (Wildman–Crippen LogP) is 4.88. The van der Waals surface area contributed by atoms with Crippen LogP contribution in [0.4, 0.5) is 0 Å². The Morgan fingerprint density at radius 1 is 1.21 bits per heavy atom. The molecule has 0 atom stereocenters. The molecular formula is C14H15BrN2OS. The summed E-state index contributed by atoms with van der Waals surface area (Å²) in [7, 11) is 0. The molecule has 100 valence electrons. The van der Waals surface area contributed by atoms with Crippen LogP contribution in [0, 0.1) is 0 Å². The van der Waals surface area contributed by atoms with Gasteiger partial charge in [0, 0.05) is 10.5 Å². The van der Waals surface area contributed by atoms with Crippen LogP contribution in [-0.4, -0.2) is 16.2 Å². The Bertz CT molecular complexity index is 575. The van der Waals surface area contributed by atoms with Gasteiger partial charge in [-0.15, -0.1) is 11.8 Å². The molecule has 1 aromatic heterocycles. The van der Waals surface area contributed by atoms with Gasteiger partial charge in [0.15, 0.2) is 0 Å². The average molecular weight is 339 g/mol. The Morgan fingerprint density at radius 3 is 2.68 bits per heavy atom. The van der Waals surface area contributed by atoms with Crippen molar-refractivity contribution in [3.8, 4) is 11.6 Å². The largest absolute Gasteiger partial charge is 0.439 e. The normalized spacial score (nSPS) is 10.8. The van der Waals surface area contributed by atoms with Crippen molar-refractivity contribution >= 4 is 27.7 Å². The van der Waals surface area contributed by atoms with Gasteiger partial charge in [-0.05, 0) is 35.9 Å². The molecule has 1 aromatic carbocycles. The molecule has 0 aliphatic carbocycles. The van der Waals surface area contributed by atoms with Gasteiger partial charge >= 0.3 is 0 Å². The Labute approximate surface area is 125 Å². The lowest BCUT2D eigenvalue weighted by molar-refractivity contribution is 0.450. The van der Waals surface area contributed by atoms with Crippen molar-refractivity contribution in [1.82, 2.24) is 9.97 Å². The maximum atomic E-state index is 5.88. The molecule has 2 rings (SSSR count). The topological polar surface area (TPSA) is 35.0 Å². The summed E-state index contributed by atoms with van der Waals surface area (Å²) in [6.45, 7) is 4.28.